The molecule has 1 unspecified atom stereocenters. The van der Waals surface area contributed by atoms with Crippen molar-refractivity contribution >= 4 is 18.3 Å². The summed E-state index contributed by atoms with van der Waals surface area (Å²) in [5.41, 5.74) is 7.98. The summed E-state index contributed by atoms with van der Waals surface area (Å²) in [6, 6.07) is 5.56. The van der Waals surface area contributed by atoms with Crippen LogP contribution in [0.2, 0.25) is 0 Å². The first-order chi connectivity index (χ1) is 9.61. The molecule has 21 heavy (non-hydrogen) atoms. The number of aromatic nitrogens is 3. The molecule has 1 atom stereocenters. The van der Waals surface area contributed by atoms with E-state index in [4.69, 9.17) is 5.73 Å². The van der Waals surface area contributed by atoms with Gasteiger partial charge in [-0.1, -0.05) is 6.92 Å². The third-order valence-electron chi connectivity index (χ3n) is 3.15. The molecule has 0 spiro atoms. The van der Waals surface area contributed by atoms with Crippen molar-refractivity contribution in [1.29, 1.82) is 0 Å². The number of nitrogens with zero attached hydrogens (tertiary/aromatic N) is 3. The number of carbonyl (C=O) groups excluding carboxylic acids is 1. The lowest BCUT2D eigenvalue weighted by molar-refractivity contribution is 0.0948. The molecule has 2 aromatic rings. The van der Waals surface area contributed by atoms with E-state index >= 15 is 0 Å². The zero-order valence-corrected chi connectivity index (χ0v) is 12.9. The highest BCUT2D eigenvalue weighted by Crippen LogP contribution is 2.13. The number of aryl methyl sites for hydroxylation is 1. The molecule has 0 bridgehead atoms. The maximum Gasteiger partial charge on any atom is 0.251 e. The highest BCUT2D eigenvalue weighted by molar-refractivity contribution is 5.95. The van der Waals surface area contributed by atoms with Gasteiger partial charge in [0.1, 0.15) is 12.7 Å². The first kappa shape index (κ1) is 17.1. The molecule has 0 saturated carbocycles. The number of nitrogens with one attached hydrogen (secondary N) is 1. The predicted octanol–water partition coefficient (Wildman–Crippen LogP) is 1.32. The van der Waals surface area contributed by atoms with Crippen LogP contribution in [0.4, 0.5) is 0 Å². The number of hydrogen-bond acceptors (Lipinski definition) is 4. The van der Waals surface area contributed by atoms with Crippen LogP contribution in [0.5, 0.6) is 0 Å². The van der Waals surface area contributed by atoms with Gasteiger partial charge in [0.2, 0.25) is 0 Å². The van der Waals surface area contributed by atoms with Crippen molar-refractivity contribution in [2.24, 2.45) is 11.7 Å². The average Bonchev–Trinajstić information content (AvgIpc) is 2.98. The molecule has 7 heteroatoms. The largest absolute Gasteiger partial charge is 0.352 e. The topological polar surface area (TPSA) is 85.8 Å². The van der Waals surface area contributed by atoms with E-state index in [1.165, 1.54) is 6.33 Å². The summed E-state index contributed by atoms with van der Waals surface area (Å²) in [6.45, 7) is 5.05. The third kappa shape index (κ3) is 4.27. The van der Waals surface area contributed by atoms with Gasteiger partial charge in [0.15, 0.2) is 0 Å². The Labute approximate surface area is 130 Å². The molecule has 0 radical (unpaired) electrons. The van der Waals surface area contributed by atoms with E-state index in [9.17, 15) is 4.79 Å². The van der Waals surface area contributed by atoms with Crippen LogP contribution >= 0.6 is 12.4 Å². The molecule has 6 nitrogen and oxygen atoms in total. The second kappa shape index (κ2) is 7.75. The quantitative estimate of drug-likeness (QED) is 0.872. The van der Waals surface area contributed by atoms with Gasteiger partial charge < -0.3 is 11.1 Å². The molecule has 0 aliphatic heterocycles. The average molecular weight is 310 g/mol. The van der Waals surface area contributed by atoms with Gasteiger partial charge in [-0.2, -0.15) is 5.10 Å². The van der Waals surface area contributed by atoms with Crippen LogP contribution < -0.4 is 11.1 Å². The van der Waals surface area contributed by atoms with E-state index < -0.39 is 0 Å². The fraction of sp³-hybridized carbons (Fsp3) is 0.357. The Morgan fingerprint density at radius 3 is 2.81 bits per heavy atom. The Kier molecular flexibility index (Phi) is 6.33. The maximum atomic E-state index is 12.1. The van der Waals surface area contributed by atoms with Gasteiger partial charge in [0.05, 0.1) is 5.69 Å². The van der Waals surface area contributed by atoms with Crippen LogP contribution in [-0.4, -0.2) is 33.8 Å². The monoisotopic (exact) mass is 309 g/mol. The number of carbonyl (C=O) groups is 1. The molecule has 0 aliphatic rings. The molecule has 1 amide bonds. The standard InChI is InChI=1S/C14H19N5O.ClH/c1-10(6-15)7-17-14(20)13-4-3-12(5-11(13)2)19-9-16-8-18-19;/h3-5,8-10H,6-7,15H2,1-2H3,(H,17,20);1H. The number of amides is 1. The zero-order chi connectivity index (χ0) is 14.5. The van der Waals surface area contributed by atoms with Crippen LogP contribution in [0.3, 0.4) is 0 Å². The highest BCUT2D eigenvalue weighted by atomic mass is 35.5. The molecule has 0 fully saturated rings. The summed E-state index contributed by atoms with van der Waals surface area (Å²) in [5, 5.41) is 6.95. The number of hydrogen-bond donors (Lipinski definition) is 2. The Morgan fingerprint density at radius 1 is 1.48 bits per heavy atom. The Morgan fingerprint density at radius 2 is 2.24 bits per heavy atom. The molecule has 1 aromatic carbocycles. The van der Waals surface area contributed by atoms with Gasteiger partial charge in [-0.3, -0.25) is 4.79 Å². The minimum Gasteiger partial charge on any atom is -0.352 e. The summed E-state index contributed by atoms with van der Waals surface area (Å²) in [6.07, 6.45) is 3.10. The first-order valence-electron chi connectivity index (χ1n) is 6.55. The predicted molar refractivity (Wildman–Crippen MR) is 83.9 cm³/mol. The second-order valence-corrected chi connectivity index (χ2v) is 4.89. The van der Waals surface area contributed by atoms with Gasteiger partial charge in [-0.15, -0.1) is 12.4 Å². The summed E-state index contributed by atoms with van der Waals surface area (Å²) in [5.74, 6) is 0.196. The van der Waals surface area contributed by atoms with Crippen molar-refractivity contribution in [3.05, 3.63) is 42.0 Å². The van der Waals surface area contributed by atoms with E-state index in [1.54, 1.807) is 17.1 Å². The fourth-order valence-corrected chi connectivity index (χ4v) is 1.83. The molecule has 114 valence electrons. The van der Waals surface area contributed by atoms with E-state index in [0.29, 0.717) is 18.7 Å². The van der Waals surface area contributed by atoms with Crippen molar-refractivity contribution < 1.29 is 4.79 Å². The Hall–Kier alpha value is -1.92. The molecular formula is C14H20ClN5O. The summed E-state index contributed by atoms with van der Waals surface area (Å²) >= 11 is 0. The SMILES string of the molecule is Cc1cc(-n2cncn2)ccc1C(=O)NCC(C)CN.Cl. The molecule has 0 saturated heterocycles. The number of halogens is 1. The van der Waals surface area contributed by atoms with Crippen molar-refractivity contribution in [3.8, 4) is 5.69 Å². The van der Waals surface area contributed by atoms with Crippen LogP contribution in [0, 0.1) is 12.8 Å². The lowest BCUT2D eigenvalue weighted by Crippen LogP contribution is -2.31. The number of nitrogens with two attached hydrogens (primary N) is 1. The normalized spacial score (nSPS) is 11.6. The van der Waals surface area contributed by atoms with Crippen LogP contribution in [-0.2, 0) is 0 Å². The summed E-state index contributed by atoms with van der Waals surface area (Å²) < 4.78 is 1.66. The Balaban J connectivity index is 0.00000220. The lowest BCUT2D eigenvalue weighted by atomic mass is 10.1. The van der Waals surface area contributed by atoms with E-state index in [0.717, 1.165) is 11.3 Å². The van der Waals surface area contributed by atoms with Crippen molar-refractivity contribution in [2.75, 3.05) is 13.1 Å². The molecule has 1 heterocycles. The van der Waals surface area contributed by atoms with Crippen LogP contribution in [0.25, 0.3) is 5.69 Å². The Bertz CT molecular complexity index is 585. The minimum atomic E-state index is -0.0760. The highest BCUT2D eigenvalue weighted by Gasteiger charge is 2.11. The first-order valence-corrected chi connectivity index (χ1v) is 6.55. The molecule has 3 N–H and O–H groups in total. The van der Waals surface area contributed by atoms with E-state index in [1.807, 2.05) is 26.0 Å². The molecule has 0 aliphatic carbocycles. The molecule has 2 rings (SSSR count). The fourth-order valence-electron chi connectivity index (χ4n) is 1.83. The third-order valence-corrected chi connectivity index (χ3v) is 3.15. The van der Waals surface area contributed by atoms with Gasteiger partial charge in [0.25, 0.3) is 5.91 Å². The van der Waals surface area contributed by atoms with Crippen molar-refractivity contribution in [3.63, 3.8) is 0 Å². The summed E-state index contributed by atoms with van der Waals surface area (Å²) in [7, 11) is 0. The van der Waals surface area contributed by atoms with Gasteiger partial charge in [-0.25, -0.2) is 9.67 Å². The van der Waals surface area contributed by atoms with Crippen molar-refractivity contribution in [1.82, 2.24) is 20.1 Å². The van der Waals surface area contributed by atoms with E-state index in [-0.39, 0.29) is 24.2 Å². The van der Waals surface area contributed by atoms with Crippen molar-refractivity contribution in [2.45, 2.75) is 13.8 Å². The van der Waals surface area contributed by atoms with Crippen LogP contribution in [0.15, 0.2) is 30.9 Å². The summed E-state index contributed by atoms with van der Waals surface area (Å²) in [4.78, 5) is 16.0. The lowest BCUT2D eigenvalue weighted by Gasteiger charge is -2.12. The smallest absolute Gasteiger partial charge is 0.251 e. The number of benzene rings is 1. The second-order valence-electron chi connectivity index (χ2n) is 4.89. The minimum absolute atomic E-state index is 0. The maximum absolute atomic E-state index is 12.1. The van der Waals surface area contributed by atoms with Gasteiger partial charge in [0, 0.05) is 12.1 Å². The number of rotatable bonds is 5. The molecular weight excluding hydrogens is 290 g/mol. The van der Waals surface area contributed by atoms with Gasteiger partial charge in [-0.05, 0) is 43.1 Å². The molecule has 1 aromatic heterocycles. The van der Waals surface area contributed by atoms with Crippen LogP contribution in [0.1, 0.15) is 22.8 Å². The zero-order valence-electron chi connectivity index (χ0n) is 12.1. The van der Waals surface area contributed by atoms with Gasteiger partial charge >= 0.3 is 0 Å². The van der Waals surface area contributed by atoms with E-state index in [2.05, 4.69) is 15.4 Å².